The highest BCUT2D eigenvalue weighted by Crippen LogP contribution is 2.24. The van der Waals surface area contributed by atoms with Gasteiger partial charge in [0.2, 0.25) is 0 Å². The van der Waals surface area contributed by atoms with E-state index >= 15 is 0 Å². The normalized spacial score (nSPS) is 10.3. The first-order valence-electron chi connectivity index (χ1n) is 6.87. The molecule has 0 aliphatic heterocycles. The Hall–Kier alpha value is -1.82. The van der Waals surface area contributed by atoms with Crippen molar-refractivity contribution in [3.05, 3.63) is 71.3 Å². The first kappa shape index (κ1) is 13.6. The molecule has 2 rings (SSSR count). The van der Waals surface area contributed by atoms with Gasteiger partial charge in [-0.05, 0) is 61.9 Å². The summed E-state index contributed by atoms with van der Waals surface area (Å²) >= 11 is 0. The topological polar surface area (TPSA) is 0 Å². The third-order valence-corrected chi connectivity index (χ3v) is 3.28. The minimum absolute atomic E-state index is 1.09. The predicted molar refractivity (Wildman–Crippen MR) is 83.2 cm³/mol. The zero-order valence-corrected chi connectivity index (χ0v) is 12.0. The Morgan fingerprint density at radius 1 is 1.16 bits per heavy atom. The average Bonchev–Trinajstić information content (AvgIpc) is 2.41. The lowest BCUT2D eigenvalue weighted by atomic mass is 9.96. The predicted octanol–water partition coefficient (Wildman–Crippen LogP) is 5.36. The van der Waals surface area contributed by atoms with Crippen LogP contribution in [0.15, 0.2) is 54.1 Å². The van der Waals surface area contributed by atoms with Crippen molar-refractivity contribution < 1.29 is 0 Å². The molecule has 0 N–H and O–H groups in total. The monoisotopic (exact) mass is 249 g/mol. The molecule has 97 valence electrons. The Labute approximate surface area is 116 Å². The fraction of sp³-hybridized carbons (Fsp3) is 0.263. The van der Waals surface area contributed by atoms with Crippen molar-refractivity contribution in [1.82, 2.24) is 0 Å². The van der Waals surface area contributed by atoms with E-state index in [0.717, 1.165) is 12.8 Å². The van der Waals surface area contributed by atoms with Crippen LogP contribution in [-0.2, 0) is 6.42 Å². The van der Waals surface area contributed by atoms with Gasteiger partial charge >= 0.3 is 0 Å². The van der Waals surface area contributed by atoms with Gasteiger partial charge in [-0.2, -0.15) is 0 Å². The van der Waals surface area contributed by atoms with Crippen LogP contribution in [0.5, 0.6) is 0 Å². The van der Waals surface area contributed by atoms with Crippen LogP contribution in [0, 0.1) is 13.0 Å². The molecule has 0 nitrogen and oxygen atoms in total. The Bertz CT molecular complexity index is 558. The van der Waals surface area contributed by atoms with Crippen molar-refractivity contribution in [3.63, 3.8) is 0 Å². The van der Waals surface area contributed by atoms with Crippen molar-refractivity contribution in [1.29, 1.82) is 0 Å². The molecule has 0 aliphatic rings. The third-order valence-electron chi connectivity index (χ3n) is 3.28. The van der Waals surface area contributed by atoms with Gasteiger partial charge in [-0.1, -0.05) is 54.1 Å². The highest BCUT2D eigenvalue weighted by atomic mass is 14.1. The second kappa shape index (κ2) is 6.38. The number of benzene rings is 2. The van der Waals surface area contributed by atoms with Gasteiger partial charge in [-0.3, -0.25) is 0 Å². The van der Waals surface area contributed by atoms with Crippen LogP contribution >= 0.6 is 0 Å². The molecule has 0 atom stereocenters. The van der Waals surface area contributed by atoms with Crippen molar-refractivity contribution >= 4 is 0 Å². The van der Waals surface area contributed by atoms with Gasteiger partial charge in [0.1, 0.15) is 0 Å². The van der Waals surface area contributed by atoms with E-state index in [-0.39, 0.29) is 0 Å². The zero-order valence-electron chi connectivity index (χ0n) is 12.0. The number of aryl methyl sites for hydroxylation is 2. The van der Waals surface area contributed by atoms with E-state index in [4.69, 9.17) is 0 Å². The molecule has 0 amide bonds. The highest BCUT2D eigenvalue weighted by molar-refractivity contribution is 5.67. The lowest BCUT2D eigenvalue weighted by Crippen LogP contribution is -1.89. The summed E-state index contributed by atoms with van der Waals surface area (Å²) < 4.78 is 0. The van der Waals surface area contributed by atoms with E-state index in [9.17, 15) is 0 Å². The van der Waals surface area contributed by atoms with Crippen molar-refractivity contribution in [3.8, 4) is 11.1 Å². The summed E-state index contributed by atoms with van der Waals surface area (Å²) in [6, 6.07) is 18.4. The van der Waals surface area contributed by atoms with Crippen LogP contribution < -0.4 is 0 Å². The maximum atomic E-state index is 3.38. The van der Waals surface area contributed by atoms with E-state index < -0.39 is 0 Å². The van der Waals surface area contributed by atoms with E-state index in [1.807, 2.05) is 0 Å². The first-order chi connectivity index (χ1) is 9.16. The highest BCUT2D eigenvalue weighted by Gasteiger charge is 2.03. The van der Waals surface area contributed by atoms with E-state index in [1.54, 1.807) is 0 Å². The third kappa shape index (κ3) is 3.82. The molecule has 2 aromatic carbocycles. The second-order valence-electron chi connectivity index (χ2n) is 5.23. The average molecular weight is 249 g/mol. The van der Waals surface area contributed by atoms with Gasteiger partial charge in [0.15, 0.2) is 0 Å². The summed E-state index contributed by atoms with van der Waals surface area (Å²) in [4.78, 5) is 0. The quantitative estimate of drug-likeness (QED) is 0.640. The van der Waals surface area contributed by atoms with Gasteiger partial charge in [0.25, 0.3) is 0 Å². The van der Waals surface area contributed by atoms with E-state index in [1.165, 1.54) is 27.8 Å². The van der Waals surface area contributed by atoms with Crippen LogP contribution in [0.2, 0.25) is 0 Å². The van der Waals surface area contributed by atoms with Crippen LogP contribution in [0.4, 0.5) is 0 Å². The molecule has 0 fully saturated rings. The Morgan fingerprint density at radius 3 is 2.58 bits per heavy atom. The summed E-state index contributed by atoms with van der Waals surface area (Å²) in [7, 11) is 0. The summed E-state index contributed by atoms with van der Waals surface area (Å²) in [6.07, 6.45) is 4.48. The number of hydrogen-bond acceptors (Lipinski definition) is 0. The van der Waals surface area contributed by atoms with Crippen LogP contribution in [0.25, 0.3) is 11.1 Å². The van der Waals surface area contributed by atoms with Crippen molar-refractivity contribution in [2.24, 2.45) is 0 Å². The SMILES string of the molecule is CC(C)=CCCc1c[c]c(C)c(-c2ccccc2)c1. The van der Waals surface area contributed by atoms with Gasteiger partial charge in [-0.25, -0.2) is 0 Å². The molecule has 0 bridgehead atoms. The molecule has 0 heterocycles. The maximum absolute atomic E-state index is 3.38. The number of hydrogen-bond donors (Lipinski definition) is 0. The summed E-state index contributed by atoms with van der Waals surface area (Å²) in [5.74, 6) is 0. The molecule has 0 spiro atoms. The van der Waals surface area contributed by atoms with Crippen LogP contribution in [0.3, 0.4) is 0 Å². The Kier molecular flexibility index (Phi) is 4.57. The fourth-order valence-electron chi connectivity index (χ4n) is 2.20. The zero-order chi connectivity index (χ0) is 13.7. The molecule has 0 aromatic heterocycles. The molecule has 2 aromatic rings. The molecule has 0 aliphatic carbocycles. The molecule has 0 saturated carbocycles. The molecule has 0 heteroatoms. The van der Waals surface area contributed by atoms with E-state index in [2.05, 4.69) is 75.4 Å². The van der Waals surface area contributed by atoms with Crippen molar-refractivity contribution in [2.45, 2.75) is 33.6 Å². The number of allylic oxidation sites excluding steroid dienone is 2. The molecular weight excluding hydrogens is 228 g/mol. The van der Waals surface area contributed by atoms with Crippen molar-refractivity contribution in [2.75, 3.05) is 0 Å². The number of rotatable bonds is 4. The Morgan fingerprint density at radius 2 is 1.89 bits per heavy atom. The minimum atomic E-state index is 1.09. The lowest BCUT2D eigenvalue weighted by molar-refractivity contribution is 0.987. The standard InChI is InChI=1S/C19H21/c1-15(2)8-7-9-17-13-12-16(3)19(14-17)18-10-5-4-6-11-18/h4-6,8,10-11,13-14H,7,9H2,1-3H3. The largest absolute Gasteiger partial charge is 0.0856 e. The summed E-state index contributed by atoms with van der Waals surface area (Å²) in [5, 5.41) is 0. The van der Waals surface area contributed by atoms with Gasteiger partial charge in [0, 0.05) is 0 Å². The Balaban J connectivity index is 2.23. The van der Waals surface area contributed by atoms with Gasteiger partial charge < -0.3 is 0 Å². The van der Waals surface area contributed by atoms with Gasteiger partial charge in [-0.15, -0.1) is 0 Å². The smallest absolute Gasteiger partial charge is 0.0143 e. The maximum Gasteiger partial charge on any atom is -0.0143 e. The molecule has 19 heavy (non-hydrogen) atoms. The lowest BCUT2D eigenvalue weighted by Gasteiger charge is -2.08. The molecule has 0 unspecified atom stereocenters. The summed E-state index contributed by atoms with van der Waals surface area (Å²) in [5.41, 5.74) is 6.55. The second-order valence-corrected chi connectivity index (χ2v) is 5.23. The van der Waals surface area contributed by atoms with Gasteiger partial charge in [0.05, 0.1) is 0 Å². The molecular formula is C19H21. The summed E-state index contributed by atoms with van der Waals surface area (Å²) in [6.45, 7) is 6.43. The van der Waals surface area contributed by atoms with Crippen LogP contribution in [0.1, 0.15) is 31.4 Å². The molecule has 0 saturated heterocycles. The minimum Gasteiger partial charge on any atom is -0.0856 e. The van der Waals surface area contributed by atoms with E-state index in [0.29, 0.717) is 0 Å². The molecule has 1 radical (unpaired) electrons. The van der Waals surface area contributed by atoms with Crippen LogP contribution in [-0.4, -0.2) is 0 Å². The first-order valence-corrected chi connectivity index (χ1v) is 6.87. The fourth-order valence-corrected chi connectivity index (χ4v) is 2.20.